The largest absolute Gasteiger partial charge is 0.495 e. The van der Waals surface area contributed by atoms with Gasteiger partial charge in [-0.25, -0.2) is 0 Å². The Kier molecular flexibility index (Phi) is 6.83. The number of amides is 1. The number of nitrogens with one attached hydrogen (secondary N) is 1. The molecule has 0 aromatic heterocycles. The molecule has 0 atom stereocenters. The molecule has 0 bridgehead atoms. The number of likely N-dealkylation sites (N-methyl/N-ethyl adjacent to an activating group) is 1. The van der Waals surface area contributed by atoms with Gasteiger partial charge in [0.1, 0.15) is 5.75 Å². The average molecular weight is 420 g/mol. The third-order valence-corrected chi connectivity index (χ3v) is 5.16. The van der Waals surface area contributed by atoms with E-state index < -0.39 is 0 Å². The summed E-state index contributed by atoms with van der Waals surface area (Å²) < 4.78 is 5.28. The molecule has 0 radical (unpaired) electrons. The van der Waals surface area contributed by atoms with Crippen LogP contribution in [0.3, 0.4) is 0 Å². The van der Waals surface area contributed by atoms with Gasteiger partial charge >= 0.3 is 0 Å². The van der Waals surface area contributed by atoms with E-state index in [0.717, 1.165) is 31.9 Å². The summed E-state index contributed by atoms with van der Waals surface area (Å²) in [6.45, 7) is 4.13. The first-order chi connectivity index (χ1) is 13.5. The van der Waals surface area contributed by atoms with Crippen molar-refractivity contribution in [3.05, 3.63) is 58.1 Å². The molecule has 0 unspecified atom stereocenters. The SMILES string of the molecule is COc1c(Cl)cc(Cl)cc1/C=C\C(=O)Nc1ccc(N2CCN(C)CC2)cc1. The van der Waals surface area contributed by atoms with Crippen molar-refractivity contribution in [3.8, 4) is 5.75 Å². The van der Waals surface area contributed by atoms with Gasteiger partial charge in [-0.15, -0.1) is 0 Å². The molecular weight excluding hydrogens is 397 g/mol. The lowest BCUT2D eigenvalue weighted by molar-refractivity contribution is -0.111. The van der Waals surface area contributed by atoms with Crippen LogP contribution in [0.2, 0.25) is 10.0 Å². The molecule has 5 nitrogen and oxygen atoms in total. The smallest absolute Gasteiger partial charge is 0.248 e. The second kappa shape index (κ2) is 9.32. The number of carbonyl (C=O) groups is 1. The standard InChI is InChI=1S/C21H23Cl2N3O2/c1-25-9-11-26(12-10-25)18-6-4-17(5-7-18)24-20(27)8-3-15-13-16(22)14-19(23)21(15)28-2/h3-8,13-14H,9-12H2,1-2H3,(H,24,27)/b8-3-. The Hall–Kier alpha value is -2.21. The Labute approximate surface area is 175 Å². The van der Waals surface area contributed by atoms with Gasteiger partial charge in [0.25, 0.3) is 0 Å². The molecule has 1 N–H and O–H groups in total. The third kappa shape index (κ3) is 5.19. The van der Waals surface area contributed by atoms with E-state index in [1.165, 1.54) is 18.9 Å². The highest BCUT2D eigenvalue weighted by Gasteiger charge is 2.14. The van der Waals surface area contributed by atoms with Gasteiger partial charge in [-0.3, -0.25) is 4.79 Å². The normalized spacial score (nSPS) is 15.1. The predicted molar refractivity (Wildman–Crippen MR) is 117 cm³/mol. The lowest BCUT2D eigenvalue weighted by atomic mass is 10.2. The fourth-order valence-corrected chi connectivity index (χ4v) is 3.68. The molecule has 7 heteroatoms. The van der Waals surface area contributed by atoms with Crippen LogP contribution in [-0.4, -0.2) is 51.1 Å². The molecule has 2 aromatic rings. The lowest BCUT2D eigenvalue weighted by Crippen LogP contribution is -2.44. The Balaban J connectivity index is 1.63. The highest BCUT2D eigenvalue weighted by atomic mass is 35.5. The van der Waals surface area contributed by atoms with Gasteiger partial charge in [-0.05, 0) is 49.5 Å². The number of nitrogens with zero attached hydrogens (tertiary/aromatic N) is 2. The fraction of sp³-hybridized carbons (Fsp3) is 0.286. The fourth-order valence-electron chi connectivity index (χ4n) is 3.09. The Morgan fingerprint density at radius 2 is 1.79 bits per heavy atom. The number of carbonyl (C=O) groups excluding carboxylic acids is 1. The molecule has 2 aromatic carbocycles. The highest BCUT2D eigenvalue weighted by molar-refractivity contribution is 6.36. The van der Waals surface area contributed by atoms with Crippen LogP contribution in [0.4, 0.5) is 11.4 Å². The van der Waals surface area contributed by atoms with E-state index in [1.54, 1.807) is 18.2 Å². The molecule has 28 heavy (non-hydrogen) atoms. The zero-order chi connectivity index (χ0) is 20.1. The number of hydrogen-bond donors (Lipinski definition) is 1. The Morgan fingerprint density at radius 1 is 1.11 bits per heavy atom. The maximum atomic E-state index is 12.3. The zero-order valence-electron chi connectivity index (χ0n) is 15.9. The molecule has 1 amide bonds. The van der Waals surface area contributed by atoms with Crippen LogP contribution in [0.1, 0.15) is 5.56 Å². The monoisotopic (exact) mass is 419 g/mol. The molecule has 3 rings (SSSR count). The summed E-state index contributed by atoms with van der Waals surface area (Å²) in [5.74, 6) is 0.233. The summed E-state index contributed by atoms with van der Waals surface area (Å²) >= 11 is 12.1. The summed E-state index contributed by atoms with van der Waals surface area (Å²) in [5, 5.41) is 3.73. The minimum Gasteiger partial charge on any atom is -0.495 e. The van der Waals surface area contributed by atoms with E-state index in [2.05, 4.69) is 22.2 Å². The van der Waals surface area contributed by atoms with E-state index in [1.807, 2.05) is 24.3 Å². The quantitative estimate of drug-likeness (QED) is 0.729. The molecular formula is C21H23Cl2N3O2. The Morgan fingerprint density at radius 3 is 2.43 bits per heavy atom. The van der Waals surface area contributed by atoms with E-state index in [4.69, 9.17) is 27.9 Å². The summed E-state index contributed by atoms with van der Waals surface area (Å²) in [7, 11) is 3.66. The van der Waals surface area contributed by atoms with Gasteiger partial charge in [0, 0.05) is 54.2 Å². The highest BCUT2D eigenvalue weighted by Crippen LogP contribution is 2.33. The maximum absolute atomic E-state index is 12.3. The number of halogens is 2. The van der Waals surface area contributed by atoms with E-state index in [-0.39, 0.29) is 5.91 Å². The summed E-state index contributed by atoms with van der Waals surface area (Å²) in [6, 6.07) is 11.2. The van der Waals surface area contributed by atoms with Crippen LogP contribution in [-0.2, 0) is 4.79 Å². The van der Waals surface area contributed by atoms with Crippen LogP contribution in [0.5, 0.6) is 5.75 Å². The molecule has 0 aliphatic carbocycles. The second-order valence-corrected chi connectivity index (χ2v) is 7.51. The number of rotatable bonds is 5. The van der Waals surface area contributed by atoms with E-state index in [9.17, 15) is 4.79 Å². The van der Waals surface area contributed by atoms with Gasteiger partial charge in [0.2, 0.25) is 5.91 Å². The van der Waals surface area contributed by atoms with Crippen LogP contribution in [0, 0.1) is 0 Å². The second-order valence-electron chi connectivity index (χ2n) is 6.67. The van der Waals surface area contributed by atoms with Crippen LogP contribution < -0.4 is 15.0 Å². The van der Waals surface area contributed by atoms with E-state index in [0.29, 0.717) is 21.4 Å². The first-order valence-electron chi connectivity index (χ1n) is 9.02. The van der Waals surface area contributed by atoms with Crippen molar-refractivity contribution in [3.63, 3.8) is 0 Å². The van der Waals surface area contributed by atoms with Gasteiger partial charge in [0.15, 0.2) is 0 Å². The predicted octanol–water partition coefficient (Wildman–Crippen LogP) is 4.41. The zero-order valence-corrected chi connectivity index (χ0v) is 17.4. The third-order valence-electron chi connectivity index (χ3n) is 4.66. The maximum Gasteiger partial charge on any atom is 0.248 e. The van der Waals surface area contributed by atoms with Gasteiger partial charge in [-0.1, -0.05) is 23.2 Å². The molecule has 0 spiro atoms. The van der Waals surface area contributed by atoms with Crippen molar-refractivity contribution in [2.45, 2.75) is 0 Å². The molecule has 1 aliphatic heterocycles. The summed E-state index contributed by atoms with van der Waals surface area (Å²) in [5.41, 5.74) is 2.55. The number of benzene rings is 2. The van der Waals surface area contributed by atoms with Gasteiger partial charge < -0.3 is 19.9 Å². The molecule has 1 aliphatic rings. The van der Waals surface area contributed by atoms with Crippen molar-refractivity contribution >= 4 is 46.6 Å². The molecule has 1 heterocycles. The van der Waals surface area contributed by atoms with Gasteiger partial charge in [-0.2, -0.15) is 0 Å². The molecule has 0 saturated carbocycles. The average Bonchev–Trinajstić information content (AvgIpc) is 2.67. The number of methoxy groups -OCH3 is 1. The molecule has 148 valence electrons. The van der Waals surface area contributed by atoms with Crippen LogP contribution in [0.25, 0.3) is 6.08 Å². The van der Waals surface area contributed by atoms with Crippen LogP contribution in [0.15, 0.2) is 42.5 Å². The first-order valence-corrected chi connectivity index (χ1v) is 9.77. The summed E-state index contributed by atoms with van der Waals surface area (Å²) in [6.07, 6.45) is 3.06. The topological polar surface area (TPSA) is 44.8 Å². The minimum absolute atomic E-state index is 0.245. The number of anilines is 2. The Bertz CT molecular complexity index is 861. The van der Waals surface area contributed by atoms with Gasteiger partial charge in [0.05, 0.1) is 12.1 Å². The van der Waals surface area contributed by atoms with Crippen molar-refractivity contribution in [2.75, 3.05) is 50.6 Å². The molecule has 1 saturated heterocycles. The number of piperazine rings is 1. The van der Waals surface area contributed by atoms with Crippen molar-refractivity contribution in [1.29, 1.82) is 0 Å². The minimum atomic E-state index is -0.245. The van der Waals surface area contributed by atoms with Crippen molar-refractivity contribution in [1.82, 2.24) is 4.90 Å². The molecule has 1 fully saturated rings. The van der Waals surface area contributed by atoms with E-state index >= 15 is 0 Å². The number of ether oxygens (including phenoxy) is 1. The first kappa shape index (κ1) is 20.5. The van der Waals surface area contributed by atoms with Crippen molar-refractivity contribution in [2.24, 2.45) is 0 Å². The van der Waals surface area contributed by atoms with Crippen LogP contribution >= 0.6 is 23.2 Å². The lowest BCUT2D eigenvalue weighted by Gasteiger charge is -2.34. The number of hydrogen-bond acceptors (Lipinski definition) is 4. The van der Waals surface area contributed by atoms with Crippen molar-refractivity contribution < 1.29 is 9.53 Å². The summed E-state index contributed by atoms with van der Waals surface area (Å²) in [4.78, 5) is 16.9.